The van der Waals surface area contributed by atoms with Crippen LogP contribution in [0.25, 0.3) is 16.9 Å². The van der Waals surface area contributed by atoms with Crippen LogP contribution in [-0.2, 0) is 0 Å². The molecule has 1 aliphatic rings. The summed E-state index contributed by atoms with van der Waals surface area (Å²) in [4.78, 5) is 29.0. The average Bonchev–Trinajstić information content (AvgIpc) is 3.57. The summed E-state index contributed by atoms with van der Waals surface area (Å²) in [6.45, 7) is 5.24. The van der Waals surface area contributed by atoms with Crippen LogP contribution < -0.4 is 10.1 Å². The average molecular weight is 491 g/mol. The second kappa shape index (κ2) is 10.4. The molecule has 2 amide bonds. The highest BCUT2D eigenvalue weighted by molar-refractivity contribution is 7.07. The van der Waals surface area contributed by atoms with E-state index in [2.05, 4.69) is 34.3 Å². The maximum Gasteiger partial charge on any atom is 0.318 e. The van der Waals surface area contributed by atoms with Crippen LogP contribution in [0.2, 0.25) is 0 Å². The van der Waals surface area contributed by atoms with Gasteiger partial charge in [-0.2, -0.15) is 0 Å². The van der Waals surface area contributed by atoms with Crippen molar-refractivity contribution in [1.29, 1.82) is 0 Å². The largest absolute Gasteiger partial charge is 0.475 e. The van der Waals surface area contributed by atoms with Gasteiger partial charge in [0.15, 0.2) is 0 Å². The van der Waals surface area contributed by atoms with Gasteiger partial charge in [0.1, 0.15) is 0 Å². The molecule has 0 spiro atoms. The van der Waals surface area contributed by atoms with E-state index in [1.54, 1.807) is 17.5 Å². The maximum atomic E-state index is 13.4. The van der Waals surface area contributed by atoms with Crippen molar-refractivity contribution in [3.8, 4) is 17.1 Å². The van der Waals surface area contributed by atoms with Crippen molar-refractivity contribution in [3.05, 3.63) is 65.0 Å². The van der Waals surface area contributed by atoms with E-state index >= 15 is 0 Å². The van der Waals surface area contributed by atoms with Crippen LogP contribution in [0.5, 0.6) is 5.88 Å². The third-order valence-corrected chi connectivity index (χ3v) is 7.16. The van der Waals surface area contributed by atoms with Crippen LogP contribution in [0.15, 0.2) is 53.7 Å². The highest BCUT2D eigenvalue weighted by Gasteiger charge is 2.24. The van der Waals surface area contributed by atoms with E-state index in [9.17, 15) is 4.79 Å². The number of fused-ring (bicyclic) bond motifs is 7. The van der Waals surface area contributed by atoms with Gasteiger partial charge in [-0.05, 0) is 44.7 Å². The van der Waals surface area contributed by atoms with Gasteiger partial charge in [-0.3, -0.25) is 0 Å². The van der Waals surface area contributed by atoms with Gasteiger partial charge in [0, 0.05) is 36.1 Å². The molecular formula is C26H30N6O2S. The molecule has 0 saturated carbocycles. The van der Waals surface area contributed by atoms with Crippen LogP contribution in [-0.4, -0.2) is 43.4 Å². The van der Waals surface area contributed by atoms with Crippen LogP contribution in [0, 0.1) is 0 Å². The minimum Gasteiger partial charge on any atom is -0.475 e. The Hall–Kier alpha value is -3.46. The van der Waals surface area contributed by atoms with Gasteiger partial charge in [0.2, 0.25) is 5.65 Å². The Morgan fingerprint density at radius 1 is 1.23 bits per heavy atom. The second-order valence-corrected chi connectivity index (χ2v) is 9.51. The lowest BCUT2D eigenvalue weighted by molar-refractivity contribution is 0.177. The Morgan fingerprint density at radius 3 is 2.97 bits per heavy atom. The number of amides is 2. The lowest BCUT2D eigenvalue weighted by Crippen LogP contribution is -2.43. The van der Waals surface area contributed by atoms with Crippen molar-refractivity contribution in [3.63, 3.8) is 0 Å². The van der Waals surface area contributed by atoms with Crippen molar-refractivity contribution >= 4 is 23.0 Å². The molecule has 4 aromatic rings. The van der Waals surface area contributed by atoms with E-state index in [1.807, 2.05) is 51.6 Å². The van der Waals surface area contributed by atoms with Gasteiger partial charge in [0.05, 0.1) is 35.6 Å². The van der Waals surface area contributed by atoms with Crippen molar-refractivity contribution in [2.24, 2.45) is 0 Å². The summed E-state index contributed by atoms with van der Waals surface area (Å²) in [6.07, 6.45) is 9.30. The normalized spacial score (nSPS) is 19.7. The van der Waals surface area contributed by atoms with Gasteiger partial charge in [0.25, 0.3) is 5.88 Å². The Kier molecular flexibility index (Phi) is 6.94. The molecule has 0 saturated heterocycles. The smallest absolute Gasteiger partial charge is 0.318 e. The number of rotatable bonds is 2. The van der Waals surface area contributed by atoms with E-state index in [4.69, 9.17) is 9.72 Å². The fourth-order valence-electron chi connectivity index (χ4n) is 4.59. The quantitative estimate of drug-likeness (QED) is 0.393. The first-order chi connectivity index (χ1) is 17.1. The van der Waals surface area contributed by atoms with Crippen LogP contribution in [0.1, 0.15) is 62.9 Å². The fourth-order valence-corrected chi connectivity index (χ4v) is 5.19. The molecule has 4 heterocycles. The van der Waals surface area contributed by atoms with Crippen LogP contribution in [0.3, 0.4) is 0 Å². The number of carbonyl (C=O) groups is 1. The zero-order valence-electron chi connectivity index (χ0n) is 20.1. The lowest BCUT2D eigenvalue weighted by atomic mass is 10.0. The van der Waals surface area contributed by atoms with Crippen molar-refractivity contribution in [2.75, 3.05) is 13.2 Å². The molecule has 1 N–H and O–H groups in total. The predicted molar refractivity (Wildman–Crippen MR) is 137 cm³/mol. The number of benzene rings is 1. The van der Waals surface area contributed by atoms with Crippen molar-refractivity contribution in [1.82, 2.24) is 29.6 Å². The number of thiazole rings is 1. The first-order valence-electron chi connectivity index (χ1n) is 12.2. The lowest BCUT2D eigenvalue weighted by Gasteiger charge is -2.30. The molecule has 0 unspecified atom stereocenters. The summed E-state index contributed by atoms with van der Waals surface area (Å²) in [7, 11) is 0. The summed E-state index contributed by atoms with van der Waals surface area (Å²) in [5, 5.41) is 5.27. The Morgan fingerprint density at radius 2 is 2.14 bits per heavy atom. The number of imidazole rings is 1. The van der Waals surface area contributed by atoms with E-state index in [1.165, 1.54) is 0 Å². The Labute approximate surface area is 209 Å². The van der Waals surface area contributed by atoms with Gasteiger partial charge >= 0.3 is 6.03 Å². The second-order valence-electron chi connectivity index (χ2n) is 8.79. The molecular weight excluding hydrogens is 460 g/mol. The van der Waals surface area contributed by atoms with Crippen molar-refractivity contribution in [2.45, 2.75) is 51.6 Å². The molecule has 8 nitrogen and oxygen atoms in total. The third-order valence-electron chi connectivity index (χ3n) is 6.56. The molecule has 0 aliphatic carbocycles. The molecule has 0 fully saturated rings. The molecule has 1 aliphatic heterocycles. The molecule has 3 aromatic heterocycles. The highest BCUT2D eigenvalue weighted by atomic mass is 32.1. The maximum absolute atomic E-state index is 13.4. The third kappa shape index (κ3) is 5.00. The molecule has 9 heteroatoms. The minimum absolute atomic E-state index is 0.0729. The number of carbonyl (C=O) groups excluding carboxylic acids is 1. The van der Waals surface area contributed by atoms with Gasteiger partial charge in [-0.1, -0.05) is 24.6 Å². The highest BCUT2D eigenvalue weighted by Crippen LogP contribution is 2.29. The van der Waals surface area contributed by atoms with E-state index < -0.39 is 0 Å². The number of hydrogen-bond donors (Lipinski definition) is 1. The molecule has 1 aromatic carbocycles. The zero-order chi connectivity index (χ0) is 24.2. The summed E-state index contributed by atoms with van der Waals surface area (Å²) in [5.74, 6) is 0.544. The zero-order valence-corrected chi connectivity index (χ0v) is 20.9. The Bertz CT molecular complexity index is 1290. The number of hydrogen-bond acceptors (Lipinski definition) is 6. The first-order valence-corrected chi connectivity index (χ1v) is 13.1. The minimum atomic E-state index is -0.112. The molecule has 4 bridgehead atoms. The van der Waals surface area contributed by atoms with Crippen LogP contribution in [0.4, 0.5) is 4.79 Å². The van der Waals surface area contributed by atoms with E-state index in [0.29, 0.717) is 24.7 Å². The molecule has 2 atom stereocenters. The summed E-state index contributed by atoms with van der Waals surface area (Å²) < 4.78 is 8.05. The standard InChI is InChI=1S/C26H30N6O2S/c1-3-32-18(2)19-8-7-9-20(14-19)22-15-31-12-11-27-24(31)25(29-22)34-13-6-4-5-10-21(30-26(32)33)23-16-35-17-28-23/h7-9,11-12,14-18,21H,3-6,10,13H2,1-2H3,(H,30,33)/t18-,21-/m1/s1. The van der Waals surface area contributed by atoms with Gasteiger partial charge in [-0.15, -0.1) is 11.3 Å². The number of ether oxygens (including phenoxy) is 1. The summed E-state index contributed by atoms with van der Waals surface area (Å²) in [6, 6.07) is 7.91. The van der Waals surface area contributed by atoms with Crippen molar-refractivity contribution < 1.29 is 9.53 Å². The topological polar surface area (TPSA) is 84.7 Å². The van der Waals surface area contributed by atoms with E-state index in [0.717, 1.165) is 48.2 Å². The predicted octanol–water partition coefficient (Wildman–Crippen LogP) is 5.64. The number of nitrogens with one attached hydrogen (secondary N) is 1. The number of urea groups is 1. The first kappa shape index (κ1) is 23.3. The van der Waals surface area contributed by atoms with Gasteiger partial charge < -0.3 is 19.4 Å². The molecule has 35 heavy (non-hydrogen) atoms. The molecule has 182 valence electrons. The van der Waals surface area contributed by atoms with Gasteiger partial charge in [-0.25, -0.2) is 19.7 Å². The number of nitrogens with zero attached hydrogens (tertiary/aromatic N) is 5. The number of aromatic nitrogens is 4. The van der Waals surface area contributed by atoms with E-state index in [-0.39, 0.29) is 18.1 Å². The monoisotopic (exact) mass is 490 g/mol. The SMILES string of the molecule is CCN1C(=O)N[C@@H](c2cscn2)CCCCCOc2nc(cn3ccnc23)-c2cccc(c2)[C@H]1C. The molecule has 0 radical (unpaired) electrons. The summed E-state index contributed by atoms with van der Waals surface area (Å²) in [5.41, 5.74) is 6.28. The molecule has 5 rings (SSSR count). The van der Waals surface area contributed by atoms with Crippen LogP contribution >= 0.6 is 11.3 Å². The summed E-state index contributed by atoms with van der Waals surface area (Å²) >= 11 is 1.55. The Balaban J connectivity index is 1.52. The fraction of sp³-hybridized carbons (Fsp3) is 0.385.